The molecule has 0 spiro atoms. The summed E-state index contributed by atoms with van der Waals surface area (Å²) in [5, 5.41) is 9.29. The van der Waals surface area contributed by atoms with Crippen molar-refractivity contribution in [3.8, 4) is 11.4 Å². The van der Waals surface area contributed by atoms with E-state index in [2.05, 4.69) is 14.8 Å². The second-order valence-electron chi connectivity index (χ2n) is 8.75. The van der Waals surface area contributed by atoms with E-state index in [1.165, 1.54) is 16.1 Å². The fraction of sp³-hybridized carbons (Fsp3) is 0.591. The van der Waals surface area contributed by atoms with E-state index in [1.54, 1.807) is 18.2 Å². The number of morpholine rings is 1. The molecule has 11 heteroatoms. The van der Waals surface area contributed by atoms with Crippen LogP contribution in [0, 0.1) is 0 Å². The third-order valence-electron chi connectivity index (χ3n) is 6.43. The minimum atomic E-state index is -3.62. The van der Waals surface area contributed by atoms with Crippen molar-refractivity contribution >= 4 is 27.8 Å². The zero-order valence-electron chi connectivity index (χ0n) is 18.6. The van der Waals surface area contributed by atoms with Gasteiger partial charge in [0.1, 0.15) is 11.4 Å². The van der Waals surface area contributed by atoms with Crippen molar-refractivity contribution in [1.82, 2.24) is 19.1 Å². The van der Waals surface area contributed by atoms with E-state index in [-0.39, 0.29) is 28.3 Å². The van der Waals surface area contributed by atoms with Crippen LogP contribution in [0.1, 0.15) is 45.1 Å². The number of hydrogen-bond acceptors (Lipinski definition) is 8. The summed E-state index contributed by atoms with van der Waals surface area (Å²) in [6, 6.07) is 7.15. The van der Waals surface area contributed by atoms with Gasteiger partial charge < -0.3 is 9.47 Å². The Kier molecular flexibility index (Phi) is 6.47. The summed E-state index contributed by atoms with van der Waals surface area (Å²) in [6.45, 7) is 3.39. The van der Waals surface area contributed by atoms with Crippen LogP contribution >= 0.6 is 11.8 Å². The van der Waals surface area contributed by atoms with Crippen molar-refractivity contribution < 1.29 is 22.7 Å². The van der Waals surface area contributed by atoms with Crippen molar-refractivity contribution in [3.05, 3.63) is 24.3 Å². The zero-order chi connectivity index (χ0) is 23.0. The summed E-state index contributed by atoms with van der Waals surface area (Å²) >= 11 is 1.40. The molecule has 1 aromatic carbocycles. The minimum Gasteiger partial charge on any atom is -0.462 e. The van der Waals surface area contributed by atoms with Crippen LogP contribution in [0.25, 0.3) is 11.4 Å². The number of rotatable bonds is 6. The Morgan fingerprint density at radius 1 is 1.12 bits per heavy atom. The lowest BCUT2D eigenvalue weighted by molar-refractivity contribution is -0.140. The molecule has 2 atom stereocenters. The van der Waals surface area contributed by atoms with Crippen LogP contribution < -0.4 is 0 Å². The van der Waals surface area contributed by atoms with E-state index >= 15 is 0 Å². The largest absolute Gasteiger partial charge is 0.462 e. The SMILES string of the molecule is C[C@@H]1C[C@@H](Sc2nnc(-c3cccc(S(=O)(=O)N4CCOCC4)c3)n2C2CCCC2)C(=O)O1. The highest BCUT2D eigenvalue weighted by molar-refractivity contribution is 8.00. The first kappa shape index (κ1) is 22.8. The van der Waals surface area contributed by atoms with Crippen LogP contribution in [0.4, 0.5) is 0 Å². The van der Waals surface area contributed by atoms with Gasteiger partial charge in [-0.1, -0.05) is 36.7 Å². The summed E-state index contributed by atoms with van der Waals surface area (Å²) < 4.78 is 40.6. The van der Waals surface area contributed by atoms with Crippen molar-refractivity contribution in [2.45, 2.75) is 66.5 Å². The summed E-state index contributed by atoms with van der Waals surface area (Å²) in [5.41, 5.74) is 0.706. The van der Waals surface area contributed by atoms with E-state index in [1.807, 2.05) is 13.0 Å². The first-order chi connectivity index (χ1) is 15.9. The molecule has 1 aromatic heterocycles. The molecule has 3 fully saturated rings. The van der Waals surface area contributed by atoms with Gasteiger partial charge in [0.25, 0.3) is 0 Å². The molecular weight excluding hydrogens is 464 g/mol. The van der Waals surface area contributed by atoms with Crippen LogP contribution in [0.2, 0.25) is 0 Å². The number of sulfonamides is 1. The Labute approximate surface area is 197 Å². The Bertz CT molecular complexity index is 1120. The van der Waals surface area contributed by atoms with Gasteiger partial charge in [-0.2, -0.15) is 4.31 Å². The van der Waals surface area contributed by atoms with E-state index in [9.17, 15) is 13.2 Å². The lowest BCUT2D eigenvalue weighted by Gasteiger charge is -2.26. The number of cyclic esters (lactones) is 1. The Hall–Kier alpha value is -1.95. The molecule has 1 aliphatic carbocycles. The smallest absolute Gasteiger partial charge is 0.319 e. The molecule has 2 aromatic rings. The van der Waals surface area contributed by atoms with Gasteiger partial charge in [0.05, 0.1) is 18.1 Å². The Morgan fingerprint density at radius 3 is 2.58 bits per heavy atom. The monoisotopic (exact) mass is 492 g/mol. The second kappa shape index (κ2) is 9.36. The van der Waals surface area contributed by atoms with Crippen LogP contribution in [0.5, 0.6) is 0 Å². The molecule has 0 radical (unpaired) electrons. The van der Waals surface area contributed by atoms with Crippen molar-refractivity contribution in [2.24, 2.45) is 0 Å². The molecule has 0 N–H and O–H groups in total. The lowest BCUT2D eigenvalue weighted by Crippen LogP contribution is -2.40. The Balaban J connectivity index is 1.49. The average Bonchev–Trinajstić information content (AvgIpc) is 3.55. The van der Waals surface area contributed by atoms with E-state index in [4.69, 9.17) is 9.47 Å². The van der Waals surface area contributed by atoms with Crippen LogP contribution in [0.15, 0.2) is 34.3 Å². The predicted molar refractivity (Wildman–Crippen MR) is 122 cm³/mol. The maximum atomic E-state index is 13.2. The van der Waals surface area contributed by atoms with E-state index < -0.39 is 10.0 Å². The molecule has 5 rings (SSSR count). The second-order valence-corrected chi connectivity index (χ2v) is 11.9. The van der Waals surface area contributed by atoms with Crippen molar-refractivity contribution in [2.75, 3.05) is 26.3 Å². The summed E-state index contributed by atoms with van der Waals surface area (Å²) in [6.07, 6.45) is 4.82. The maximum Gasteiger partial charge on any atom is 0.319 e. The number of aromatic nitrogens is 3. The van der Waals surface area contributed by atoms with Gasteiger partial charge >= 0.3 is 5.97 Å². The summed E-state index contributed by atoms with van der Waals surface area (Å²) in [4.78, 5) is 12.5. The van der Waals surface area contributed by atoms with Gasteiger partial charge in [-0.15, -0.1) is 10.2 Å². The lowest BCUT2D eigenvalue weighted by atomic mass is 10.2. The topological polar surface area (TPSA) is 104 Å². The molecule has 2 saturated heterocycles. The summed E-state index contributed by atoms with van der Waals surface area (Å²) in [5.74, 6) is 0.427. The quantitative estimate of drug-likeness (QED) is 0.567. The summed E-state index contributed by atoms with van der Waals surface area (Å²) in [7, 11) is -3.62. The van der Waals surface area contributed by atoms with E-state index in [0.717, 1.165) is 25.7 Å². The predicted octanol–water partition coefficient (Wildman–Crippen LogP) is 2.88. The standard InChI is InChI=1S/C22H28N4O5S2/c1-15-13-19(21(27)31-15)32-22-24-23-20(26(22)17-6-2-3-7-17)16-5-4-8-18(14-16)33(28,29)25-9-11-30-12-10-25/h4-5,8,14-15,17,19H,2-3,6-7,9-13H2,1H3/t15-,19-/m1/s1. The molecule has 1 saturated carbocycles. The van der Waals surface area contributed by atoms with Crippen molar-refractivity contribution in [3.63, 3.8) is 0 Å². The van der Waals surface area contributed by atoms with Gasteiger partial charge in [-0.05, 0) is 31.9 Å². The molecule has 3 aliphatic rings. The molecular formula is C22H28N4O5S2. The fourth-order valence-corrected chi connectivity index (χ4v) is 7.39. The Morgan fingerprint density at radius 2 is 1.88 bits per heavy atom. The molecule has 0 bridgehead atoms. The number of nitrogens with zero attached hydrogens (tertiary/aromatic N) is 4. The normalized spacial score (nSPS) is 24.9. The molecule has 0 amide bonds. The van der Waals surface area contributed by atoms with Gasteiger partial charge in [-0.3, -0.25) is 9.36 Å². The number of hydrogen-bond donors (Lipinski definition) is 0. The van der Waals surface area contributed by atoms with Gasteiger partial charge in [0.15, 0.2) is 11.0 Å². The van der Waals surface area contributed by atoms with Gasteiger partial charge in [0, 0.05) is 31.1 Å². The number of thioether (sulfide) groups is 1. The van der Waals surface area contributed by atoms with Gasteiger partial charge in [-0.25, -0.2) is 8.42 Å². The third-order valence-corrected chi connectivity index (χ3v) is 9.48. The molecule has 178 valence electrons. The molecule has 9 nitrogen and oxygen atoms in total. The number of ether oxygens (including phenoxy) is 2. The third kappa shape index (κ3) is 4.55. The average molecular weight is 493 g/mol. The number of carbonyl (C=O) groups excluding carboxylic acids is 1. The fourth-order valence-electron chi connectivity index (χ4n) is 4.72. The molecule has 33 heavy (non-hydrogen) atoms. The number of benzene rings is 1. The van der Waals surface area contributed by atoms with Crippen LogP contribution in [-0.2, 0) is 24.3 Å². The maximum absolute atomic E-state index is 13.2. The van der Waals surface area contributed by atoms with Gasteiger partial charge in [0.2, 0.25) is 10.0 Å². The highest BCUT2D eigenvalue weighted by Gasteiger charge is 2.36. The highest BCUT2D eigenvalue weighted by atomic mass is 32.2. The first-order valence-electron chi connectivity index (χ1n) is 11.4. The number of esters is 1. The molecule has 3 heterocycles. The van der Waals surface area contributed by atoms with Crippen LogP contribution in [-0.4, -0.2) is 71.1 Å². The first-order valence-corrected chi connectivity index (χ1v) is 13.8. The van der Waals surface area contributed by atoms with Crippen LogP contribution in [0.3, 0.4) is 0 Å². The molecule has 0 unspecified atom stereocenters. The highest BCUT2D eigenvalue weighted by Crippen LogP contribution is 2.39. The minimum absolute atomic E-state index is 0.0978. The van der Waals surface area contributed by atoms with Crippen molar-refractivity contribution in [1.29, 1.82) is 0 Å². The molecule has 2 aliphatic heterocycles. The van der Waals surface area contributed by atoms with E-state index in [0.29, 0.717) is 49.3 Å². The zero-order valence-corrected chi connectivity index (χ0v) is 20.2. The number of carbonyl (C=O) groups is 1.